The minimum Gasteiger partial charge on any atom is -0.106 e. The van der Waals surface area contributed by atoms with Crippen molar-refractivity contribution in [1.82, 2.24) is 0 Å². The van der Waals surface area contributed by atoms with Gasteiger partial charge in [-0.3, -0.25) is 0 Å². The Balaban J connectivity index is 0.000000921. The highest BCUT2D eigenvalue weighted by molar-refractivity contribution is 5.44. The van der Waals surface area contributed by atoms with Gasteiger partial charge in [-0.15, -0.1) is 13.2 Å². The zero-order valence-corrected chi connectivity index (χ0v) is 13.7. The molecule has 0 unspecified atom stereocenters. The molecule has 0 aliphatic carbocycles. The monoisotopic (exact) mass is 278 g/mol. The zero-order chi connectivity index (χ0) is 16.1. The first-order chi connectivity index (χ1) is 10.3. The van der Waals surface area contributed by atoms with Gasteiger partial charge in [0.05, 0.1) is 0 Å². The molecule has 0 aromatic heterocycles. The van der Waals surface area contributed by atoms with Crippen LogP contribution in [0.1, 0.15) is 43.0 Å². The first kappa shape index (κ1) is 18.7. The molecule has 0 radical (unpaired) electrons. The van der Waals surface area contributed by atoms with Crippen molar-refractivity contribution in [1.29, 1.82) is 0 Å². The van der Waals surface area contributed by atoms with Crippen molar-refractivity contribution >= 4 is 0 Å². The Morgan fingerprint density at radius 2 is 1.43 bits per heavy atom. The van der Waals surface area contributed by atoms with E-state index in [1.54, 1.807) is 0 Å². The molecule has 0 amide bonds. The molecule has 0 saturated heterocycles. The number of aryl methyl sites for hydroxylation is 2. The summed E-state index contributed by atoms with van der Waals surface area (Å²) in [5.74, 6) is 6.39. The summed E-state index contributed by atoms with van der Waals surface area (Å²) in [7, 11) is 0. The summed E-state index contributed by atoms with van der Waals surface area (Å²) in [5, 5.41) is 0. The average molecular weight is 278 g/mol. The van der Waals surface area contributed by atoms with Crippen molar-refractivity contribution in [2.24, 2.45) is 0 Å². The number of hydrogen-bond donors (Lipinski definition) is 0. The Morgan fingerprint density at radius 3 is 2.00 bits per heavy atom. The standard InChI is InChI=1S/C17H16.C2H6.C2H4/c1-3-15-5-4-6-17(13-15)12-11-16-9-7-14(2)8-10-16;2*1-2/h4-10,13H,3H2,1-2H3;1-2H3;1-2H2. The van der Waals surface area contributed by atoms with Crippen molar-refractivity contribution in [2.75, 3.05) is 0 Å². The van der Waals surface area contributed by atoms with Crippen LogP contribution in [0.25, 0.3) is 0 Å². The summed E-state index contributed by atoms with van der Waals surface area (Å²) in [6.45, 7) is 14.2. The van der Waals surface area contributed by atoms with Crippen LogP contribution in [0.5, 0.6) is 0 Å². The summed E-state index contributed by atoms with van der Waals surface area (Å²) in [4.78, 5) is 0. The molecule has 21 heavy (non-hydrogen) atoms. The van der Waals surface area contributed by atoms with Crippen molar-refractivity contribution < 1.29 is 0 Å². The van der Waals surface area contributed by atoms with Gasteiger partial charge in [0.15, 0.2) is 0 Å². The smallest absolute Gasteiger partial charge is 0.0251 e. The van der Waals surface area contributed by atoms with Crippen LogP contribution in [0.4, 0.5) is 0 Å². The van der Waals surface area contributed by atoms with Gasteiger partial charge in [0, 0.05) is 11.1 Å². The van der Waals surface area contributed by atoms with Gasteiger partial charge in [-0.25, -0.2) is 0 Å². The zero-order valence-electron chi connectivity index (χ0n) is 13.7. The molecule has 0 heteroatoms. The van der Waals surface area contributed by atoms with E-state index in [2.05, 4.69) is 87.4 Å². The molecule has 110 valence electrons. The third kappa shape index (κ3) is 7.18. The fraction of sp³-hybridized carbons (Fsp3) is 0.238. The minimum atomic E-state index is 1.06. The maximum absolute atomic E-state index is 3.21. The average Bonchev–Trinajstić information content (AvgIpc) is 2.58. The lowest BCUT2D eigenvalue weighted by atomic mass is 10.1. The first-order valence-electron chi connectivity index (χ1n) is 7.45. The normalized spacial score (nSPS) is 8.19. The predicted molar refractivity (Wildman–Crippen MR) is 95.6 cm³/mol. The van der Waals surface area contributed by atoms with Crippen LogP contribution in [0.3, 0.4) is 0 Å². The van der Waals surface area contributed by atoms with E-state index < -0.39 is 0 Å². The third-order valence-corrected chi connectivity index (χ3v) is 2.74. The molecule has 0 bridgehead atoms. The van der Waals surface area contributed by atoms with E-state index in [9.17, 15) is 0 Å². The Hall–Kier alpha value is -2.26. The topological polar surface area (TPSA) is 0 Å². The van der Waals surface area contributed by atoms with Crippen molar-refractivity contribution in [3.8, 4) is 11.8 Å². The van der Waals surface area contributed by atoms with E-state index in [1.165, 1.54) is 11.1 Å². The molecule has 0 aliphatic rings. The van der Waals surface area contributed by atoms with Crippen molar-refractivity contribution in [2.45, 2.75) is 34.1 Å². The lowest BCUT2D eigenvalue weighted by molar-refractivity contribution is 1.14. The Kier molecular flexibility index (Phi) is 10.3. The molecule has 0 heterocycles. The molecular weight excluding hydrogens is 252 g/mol. The van der Waals surface area contributed by atoms with Gasteiger partial charge in [-0.2, -0.15) is 0 Å². The fourth-order valence-electron chi connectivity index (χ4n) is 1.65. The SMILES string of the molecule is C=C.CC.CCc1cccc(C#Cc2ccc(C)cc2)c1. The molecule has 0 nitrogen and oxygen atoms in total. The second-order valence-corrected chi connectivity index (χ2v) is 4.17. The highest BCUT2D eigenvalue weighted by atomic mass is 13.9. The first-order valence-corrected chi connectivity index (χ1v) is 7.45. The van der Waals surface area contributed by atoms with Crippen LogP contribution in [-0.2, 0) is 6.42 Å². The van der Waals surface area contributed by atoms with Crippen LogP contribution >= 0.6 is 0 Å². The molecule has 0 spiro atoms. The van der Waals surface area contributed by atoms with Gasteiger partial charge < -0.3 is 0 Å². The Bertz CT molecular complexity index is 565. The number of benzene rings is 2. The maximum Gasteiger partial charge on any atom is 0.0251 e. The van der Waals surface area contributed by atoms with Crippen LogP contribution < -0.4 is 0 Å². The summed E-state index contributed by atoms with van der Waals surface area (Å²) in [6.07, 6.45) is 1.06. The Labute approximate surface area is 130 Å². The molecule has 0 aliphatic heterocycles. The van der Waals surface area contributed by atoms with Crippen LogP contribution in [0.2, 0.25) is 0 Å². The summed E-state index contributed by atoms with van der Waals surface area (Å²) in [5.41, 5.74) is 4.76. The van der Waals surface area contributed by atoms with Gasteiger partial charge in [0.1, 0.15) is 0 Å². The Morgan fingerprint density at radius 1 is 0.857 bits per heavy atom. The second-order valence-electron chi connectivity index (χ2n) is 4.17. The summed E-state index contributed by atoms with van der Waals surface area (Å²) >= 11 is 0. The summed E-state index contributed by atoms with van der Waals surface area (Å²) < 4.78 is 0. The van der Waals surface area contributed by atoms with Gasteiger partial charge in [0.2, 0.25) is 0 Å². The molecule has 0 saturated carbocycles. The molecule has 2 rings (SSSR count). The summed E-state index contributed by atoms with van der Waals surface area (Å²) in [6, 6.07) is 16.7. The molecule has 2 aromatic rings. The van der Waals surface area contributed by atoms with Gasteiger partial charge in [-0.05, 0) is 43.2 Å². The maximum atomic E-state index is 3.21. The van der Waals surface area contributed by atoms with E-state index >= 15 is 0 Å². The molecule has 0 fully saturated rings. The molecule has 0 atom stereocenters. The van der Waals surface area contributed by atoms with Crippen molar-refractivity contribution in [3.63, 3.8) is 0 Å². The number of hydrogen-bond acceptors (Lipinski definition) is 0. The largest absolute Gasteiger partial charge is 0.106 e. The minimum absolute atomic E-state index is 1.06. The van der Waals surface area contributed by atoms with Crippen LogP contribution in [0.15, 0.2) is 61.7 Å². The fourth-order valence-corrected chi connectivity index (χ4v) is 1.65. The highest BCUT2D eigenvalue weighted by Gasteiger charge is 1.90. The highest BCUT2D eigenvalue weighted by Crippen LogP contribution is 2.06. The van der Waals surface area contributed by atoms with E-state index in [0.29, 0.717) is 0 Å². The molecular formula is C21H26. The van der Waals surface area contributed by atoms with E-state index in [-0.39, 0.29) is 0 Å². The van der Waals surface area contributed by atoms with E-state index in [1.807, 2.05) is 13.8 Å². The van der Waals surface area contributed by atoms with E-state index in [0.717, 1.165) is 17.5 Å². The van der Waals surface area contributed by atoms with Crippen molar-refractivity contribution in [3.05, 3.63) is 83.9 Å². The van der Waals surface area contributed by atoms with Crippen LogP contribution in [0, 0.1) is 18.8 Å². The lowest BCUT2D eigenvalue weighted by Gasteiger charge is -1.96. The van der Waals surface area contributed by atoms with Crippen LogP contribution in [-0.4, -0.2) is 0 Å². The molecule has 2 aromatic carbocycles. The predicted octanol–water partition coefficient (Wildman–Crippen LogP) is 5.79. The van der Waals surface area contributed by atoms with E-state index in [4.69, 9.17) is 0 Å². The van der Waals surface area contributed by atoms with Gasteiger partial charge >= 0.3 is 0 Å². The quantitative estimate of drug-likeness (QED) is 0.458. The number of rotatable bonds is 1. The third-order valence-electron chi connectivity index (χ3n) is 2.74. The molecule has 0 N–H and O–H groups in total. The van der Waals surface area contributed by atoms with Gasteiger partial charge in [-0.1, -0.05) is 62.4 Å². The second kappa shape index (κ2) is 11.6. The van der Waals surface area contributed by atoms with Gasteiger partial charge in [0.25, 0.3) is 0 Å². The lowest BCUT2D eigenvalue weighted by Crippen LogP contribution is -1.81.